The van der Waals surface area contributed by atoms with Crippen LogP contribution >= 0.6 is 0 Å². The molecule has 0 saturated carbocycles. The van der Waals surface area contributed by atoms with Crippen molar-refractivity contribution in [2.75, 3.05) is 41.4 Å². The van der Waals surface area contributed by atoms with Crippen LogP contribution in [0, 0.1) is 0 Å². The zero-order valence-electron chi connectivity index (χ0n) is 26.1. The van der Waals surface area contributed by atoms with Crippen LogP contribution in [0.3, 0.4) is 0 Å². The van der Waals surface area contributed by atoms with Crippen molar-refractivity contribution in [2.45, 2.75) is 37.8 Å². The van der Waals surface area contributed by atoms with Crippen molar-refractivity contribution in [3.8, 4) is 46.0 Å². The fourth-order valence-electron chi connectivity index (χ4n) is 6.65. The van der Waals surface area contributed by atoms with E-state index in [4.69, 9.17) is 14.2 Å². The molecule has 4 N–H and O–H groups in total. The van der Waals surface area contributed by atoms with Crippen LogP contribution in [0.1, 0.15) is 45.5 Å². The van der Waals surface area contributed by atoms with Gasteiger partial charge in [-0.15, -0.1) is 0 Å². The van der Waals surface area contributed by atoms with Gasteiger partial charge in [0.1, 0.15) is 11.5 Å². The standard InChI is InChI=1S/C36H40N2O7/c1-37-11-9-22-16-35(43-3)32(41)18-26(22)28(37)13-21-5-7-25(8-6-21)45-34-20-31(40)30(39)15-24(34)14-29-27-19-33(42)36(44-4)17-23(27)10-12-38(29)2/h5-8,15-20,28-29,39-42H,9-14H2,1-4H3/t28-,29-/m0/s1. The zero-order chi connectivity index (χ0) is 31.8. The van der Waals surface area contributed by atoms with E-state index in [0.717, 1.165) is 60.2 Å². The predicted octanol–water partition coefficient (Wildman–Crippen LogP) is 5.86. The number of nitrogens with zero attached hydrogens (tertiary/aromatic N) is 2. The first-order chi connectivity index (χ1) is 21.6. The predicted molar refractivity (Wildman–Crippen MR) is 171 cm³/mol. The summed E-state index contributed by atoms with van der Waals surface area (Å²) in [6.07, 6.45) is 2.96. The van der Waals surface area contributed by atoms with E-state index < -0.39 is 0 Å². The maximum atomic E-state index is 10.5. The Kier molecular flexibility index (Phi) is 8.40. The average Bonchev–Trinajstić information content (AvgIpc) is 3.02. The summed E-state index contributed by atoms with van der Waals surface area (Å²) in [5, 5.41) is 41.8. The largest absolute Gasteiger partial charge is 0.504 e. The summed E-state index contributed by atoms with van der Waals surface area (Å²) in [7, 11) is 7.25. The van der Waals surface area contributed by atoms with Gasteiger partial charge in [-0.25, -0.2) is 0 Å². The summed E-state index contributed by atoms with van der Waals surface area (Å²) in [5.74, 6) is 1.74. The quantitative estimate of drug-likeness (QED) is 0.182. The number of benzene rings is 4. The second-order valence-corrected chi connectivity index (χ2v) is 12.0. The van der Waals surface area contributed by atoms with Crippen molar-refractivity contribution >= 4 is 0 Å². The number of phenolic OH excluding ortho intramolecular Hbond substituents is 4. The third kappa shape index (κ3) is 6.06. The van der Waals surface area contributed by atoms with Gasteiger partial charge in [0.05, 0.1) is 14.2 Å². The normalized spacial score (nSPS) is 18.2. The minimum atomic E-state index is -0.260. The fourth-order valence-corrected chi connectivity index (χ4v) is 6.65. The summed E-state index contributed by atoms with van der Waals surface area (Å²) in [6, 6.07) is 18.3. The van der Waals surface area contributed by atoms with Crippen LogP contribution in [-0.4, -0.2) is 71.6 Å². The number of hydrogen-bond acceptors (Lipinski definition) is 9. The van der Waals surface area contributed by atoms with E-state index in [2.05, 4.69) is 16.8 Å². The first-order valence-corrected chi connectivity index (χ1v) is 15.2. The highest BCUT2D eigenvalue weighted by Crippen LogP contribution is 2.43. The Bertz CT molecular complexity index is 1710. The lowest BCUT2D eigenvalue weighted by atomic mass is 9.88. The van der Waals surface area contributed by atoms with E-state index in [-0.39, 0.29) is 35.1 Å². The molecule has 236 valence electrons. The van der Waals surface area contributed by atoms with E-state index in [9.17, 15) is 20.4 Å². The van der Waals surface area contributed by atoms with E-state index in [1.165, 1.54) is 11.6 Å². The fraction of sp³-hybridized carbons (Fsp3) is 0.333. The molecule has 0 radical (unpaired) electrons. The Morgan fingerprint density at radius 3 is 1.67 bits per heavy atom. The van der Waals surface area contributed by atoms with Crippen molar-refractivity contribution in [3.63, 3.8) is 0 Å². The topological polar surface area (TPSA) is 115 Å². The summed E-state index contributed by atoms with van der Waals surface area (Å²) < 4.78 is 17.0. The molecule has 6 rings (SSSR count). The van der Waals surface area contributed by atoms with Gasteiger partial charge >= 0.3 is 0 Å². The number of likely N-dealkylation sites (N-methyl/N-ethyl adjacent to an activating group) is 2. The molecule has 0 amide bonds. The van der Waals surface area contributed by atoms with Gasteiger partial charge in [0, 0.05) is 36.8 Å². The van der Waals surface area contributed by atoms with Crippen molar-refractivity contribution < 1.29 is 34.6 Å². The summed E-state index contributed by atoms with van der Waals surface area (Å²) in [4.78, 5) is 4.52. The first-order valence-electron chi connectivity index (χ1n) is 15.2. The van der Waals surface area contributed by atoms with Gasteiger partial charge < -0.3 is 34.6 Å². The minimum Gasteiger partial charge on any atom is -0.504 e. The molecular formula is C36H40N2O7. The summed E-state index contributed by atoms with van der Waals surface area (Å²) >= 11 is 0. The molecule has 4 aromatic rings. The van der Waals surface area contributed by atoms with E-state index in [0.29, 0.717) is 29.4 Å². The Hall–Kier alpha value is -4.60. The average molecular weight is 613 g/mol. The maximum Gasteiger partial charge on any atom is 0.161 e. The molecular weight excluding hydrogens is 572 g/mol. The van der Waals surface area contributed by atoms with Crippen molar-refractivity contribution in [1.82, 2.24) is 9.80 Å². The SMILES string of the molecule is COc1cc2c(cc1O)[C@H](Cc1ccc(Oc3cc(O)c(O)cc3C[C@H]3c4cc(O)c(OC)cc4CCN3C)cc1)N(C)CC2. The van der Waals surface area contributed by atoms with Gasteiger partial charge in [0.25, 0.3) is 0 Å². The first kappa shape index (κ1) is 30.4. The number of rotatable bonds is 8. The number of hydrogen-bond donors (Lipinski definition) is 4. The summed E-state index contributed by atoms with van der Waals surface area (Å²) in [6.45, 7) is 1.73. The third-order valence-corrected chi connectivity index (χ3v) is 9.28. The minimum absolute atomic E-state index is 0.0844. The molecule has 2 heterocycles. The molecule has 45 heavy (non-hydrogen) atoms. The molecule has 9 heteroatoms. The molecule has 0 aromatic heterocycles. The van der Waals surface area contributed by atoms with Gasteiger partial charge in [-0.2, -0.15) is 0 Å². The number of fused-ring (bicyclic) bond motifs is 2. The van der Waals surface area contributed by atoms with Gasteiger partial charge in [0.2, 0.25) is 0 Å². The Morgan fingerprint density at radius 1 is 0.622 bits per heavy atom. The Labute approximate surface area is 263 Å². The number of phenols is 4. The summed E-state index contributed by atoms with van der Waals surface area (Å²) in [5.41, 5.74) is 6.23. The Balaban J connectivity index is 1.23. The number of ether oxygens (including phenoxy) is 3. The molecule has 0 fully saturated rings. The number of aromatic hydroxyl groups is 4. The molecule has 0 bridgehead atoms. The monoisotopic (exact) mass is 612 g/mol. The van der Waals surface area contributed by atoms with Crippen molar-refractivity contribution in [1.29, 1.82) is 0 Å². The van der Waals surface area contributed by atoms with E-state index in [1.807, 2.05) is 49.5 Å². The van der Waals surface area contributed by atoms with Gasteiger partial charge in [-0.3, -0.25) is 9.80 Å². The second-order valence-electron chi connectivity index (χ2n) is 12.0. The highest BCUT2D eigenvalue weighted by molar-refractivity contribution is 5.53. The highest BCUT2D eigenvalue weighted by Gasteiger charge is 2.29. The lowest BCUT2D eigenvalue weighted by Gasteiger charge is -2.35. The third-order valence-electron chi connectivity index (χ3n) is 9.28. The number of methoxy groups -OCH3 is 2. The lowest BCUT2D eigenvalue weighted by Crippen LogP contribution is -2.33. The van der Waals surface area contributed by atoms with Crippen molar-refractivity contribution in [3.05, 3.63) is 94.0 Å². The van der Waals surface area contributed by atoms with E-state index in [1.54, 1.807) is 26.4 Å². The molecule has 0 spiro atoms. The van der Waals surface area contributed by atoms with E-state index >= 15 is 0 Å². The van der Waals surface area contributed by atoms with Gasteiger partial charge in [0.15, 0.2) is 34.5 Å². The second kappa shape index (κ2) is 12.4. The highest BCUT2D eigenvalue weighted by atomic mass is 16.5. The van der Waals surface area contributed by atoms with Crippen LogP contribution in [-0.2, 0) is 25.7 Å². The molecule has 0 aliphatic carbocycles. The lowest BCUT2D eigenvalue weighted by molar-refractivity contribution is 0.227. The van der Waals surface area contributed by atoms with Crippen LogP contribution in [0.5, 0.6) is 46.0 Å². The zero-order valence-corrected chi connectivity index (χ0v) is 26.1. The molecule has 2 aliphatic rings. The maximum absolute atomic E-state index is 10.5. The van der Waals surface area contributed by atoms with Gasteiger partial charge in [-0.1, -0.05) is 12.1 Å². The van der Waals surface area contributed by atoms with Gasteiger partial charge in [-0.05, 0) is 110 Å². The molecule has 2 atom stereocenters. The molecule has 0 saturated heterocycles. The van der Waals surface area contributed by atoms with Crippen LogP contribution in [0.25, 0.3) is 0 Å². The van der Waals surface area contributed by atoms with Crippen LogP contribution in [0.4, 0.5) is 0 Å². The molecule has 9 nitrogen and oxygen atoms in total. The molecule has 2 aliphatic heterocycles. The van der Waals surface area contributed by atoms with Crippen molar-refractivity contribution in [2.24, 2.45) is 0 Å². The van der Waals surface area contributed by atoms with Crippen LogP contribution in [0.15, 0.2) is 60.7 Å². The van der Waals surface area contributed by atoms with Crippen LogP contribution in [0.2, 0.25) is 0 Å². The smallest absolute Gasteiger partial charge is 0.161 e. The van der Waals surface area contributed by atoms with Crippen LogP contribution < -0.4 is 14.2 Å². The Morgan fingerprint density at radius 2 is 1.13 bits per heavy atom. The molecule has 4 aromatic carbocycles. The molecule has 0 unspecified atom stereocenters.